The summed E-state index contributed by atoms with van der Waals surface area (Å²) in [6.07, 6.45) is 0.511. The van der Waals surface area contributed by atoms with Gasteiger partial charge in [-0.3, -0.25) is 4.79 Å². The van der Waals surface area contributed by atoms with E-state index in [4.69, 9.17) is 4.74 Å². The topological polar surface area (TPSA) is 29.5 Å². The summed E-state index contributed by atoms with van der Waals surface area (Å²) >= 11 is 1.63. The summed E-state index contributed by atoms with van der Waals surface area (Å²) in [5.41, 5.74) is 1.27. The second-order valence-corrected chi connectivity index (χ2v) is 5.64. The maximum atomic E-state index is 11.9. The molecule has 0 aromatic carbocycles. The lowest BCUT2D eigenvalue weighted by Crippen LogP contribution is -2.49. The average Bonchev–Trinajstić information content (AvgIpc) is 2.68. The second kappa shape index (κ2) is 4.55. The molecule has 3 nitrogen and oxygen atoms in total. The number of likely N-dealkylation sites (N-methyl/N-ethyl adjacent to an activating group) is 1. The van der Waals surface area contributed by atoms with Crippen molar-refractivity contribution in [1.82, 2.24) is 4.90 Å². The molecular weight excluding hydrogens is 222 g/mol. The van der Waals surface area contributed by atoms with E-state index < -0.39 is 0 Å². The Morgan fingerprint density at radius 1 is 1.62 bits per heavy atom. The molecule has 0 spiro atoms. The standard InChI is InChI=1S/C12H17NO2S/c1-12(8-15-9-12)7-13(2)11(14)5-10-3-4-16-6-10/h3-4,6H,5,7-9H2,1-2H3. The van der Waals surface area contributed by atoms with Gasteiger partial charge in [0.1, 0.15) is 0 Å². The van der Waals surface area contributed by atoms with Gasteiger partial charge in [0.2, 0.25) is 5.91 Å². The van der Waals surface area contributed by atoms with Gasteiger partial charge in [0.15, 0.2) is 0 Å². The summed E-state index contributed by atoms with van der Waals surface area (Å²) < 4.78 is 5.19. The molecule has 1 fully saturated rings. The molecule has 1 aliphatic heterocycles. The van der Waals surface area contributed by atoms with Crippen LogP contribution < -0.4 is 0 Å². The molecular formula is C12H17NO2S. The van der Waals surface area contributed by atoms with Gasteiger partial charge < -0.3 is 9.64 Å². The number of hydrogen-bond acceptors (Lipinski definition) is 3. The number of rotatable bonds is 4. The summed E-state index contributed by atoms with van der Waals surface area (Å²) in [6.45, 7) is 4.48. The predicted molar refractivity (Wildman–Crippen MR) is 64.6 cm³/mol. The van der Waals surface area contributed by atoms with E-state index in [0.717, 1.165) is 25.3 Å². The Morgan fingerprint density at radius 2 is 2.38 bits per heavy atom. The smallest absolute Gasteiger partial charge is 0.226 e. The van der Waals surface area contributed by atoms with Gasteiger partial charge in [-0.2, -0.15) is 11.3 Å². The van der Waals surface area contributed by atoms with Gasteiger partial charge in [-0.15, -0.1) is 0 Å². The Bertz CT molecular complexity index is 357. The zero-order chi connectivity index (χ0) is 11.6. The lowest BCUT2D eigenvalue weighted by atomic mass is 9.88. The molecule has 88 valence electrons. The zero-order valence-corrected chi connectivity index (χ0v) is 10.5. The average molecular weight is 239 g/mol. The zero-order valence-electron chi connectivity index (χ0n) is 9.73. The van der Waals surface area contributed by atoms with Crippen LogP contribution in [-0.2, 0) is 16.0 Å². The van der Waals surface area contributed by atoms with Crippen molar-refractivity contribution in [3.05, 3.63) is 22.4 Å². The van der Waals surface area contributed by atoms with Gasteiger partial charge in [-0.05, 0) is 22.4 Å². The van der Waals surface area contributed by atoms with Crippen LogP contribution in [0, 0.1) is 5.41 Å². The summed E-state index contributed by atoms with van der Waals surface area (Å²) in [7, 11) is 1.87. The SMILES string of the molecule is CN(CC1(C)COC1)C(=O)Cc1ccsc1. The largest absolute Gasteiger partial charge is 0.380 e. The van der Waals surface area contributed by atoms with Crippen LogP contribution >= 0.6 is 11.3 Å². The Labute approximate surface area is 100 Å². The van der Waals surface area contributed by atoms with E-state index in [1.165, 1.54) is 0 Å². The van der Waals surface area contributed by atoms with Crippen molar-refractivity contribution < 1.29 is 9.53 Å². The molecule has 0 bridgehead atoms. The van der Waals surface area contributed by atoms with Gasteiger partial charge in [0.05, 0.1) is 19.6 Å². The molecule has 2 heterocycles. The molecule has 0 atom stereocenters. The second-order valence-electron chi connectivity index (χ2n) is 4.86. The summed E-state index contributed by atoms with van der Waals surface area (Å²) in [4.78, 5) is 13.7. The van der Waals surface area contributed by atoms with E-state index in [2.05, 4.69) is 6.92 Å². The lowest BCUT2D eigenvalue weighted by molar-refractivity contribution is -0.141. The Kier molecular flexibility index (Phi) is 3.30. The number of thiophene rings is 1. The fourth-order valence-corrected chi connectivity index (χ4v) is 2.57. The Balaban J connectivity index is 1.84. The van der Waals surface area contributed by atoms with Crippen molar-refractivity contribution in [3.63, 3.8) is 0 Å². The molecule has 1 saturated heterocycles. The van der Waals surface area contributed by atoms with Crippen molar-refractivity contribution in [2.24, 2.45) is 5.41 Å². The Morgan fingerprint density at radius 3 is 2.88 bits per heavy atom. The molecule has 0 unspecified atom stereocenters. The summed E-state index contributed by atoms with van der Waals surface area (Å²) in [6, 6.07) is 2.00. The van der Waals surface area contributed by atoms with Gasteiger partial charge >= 0.3 is 0 Å². The third-order valence-corrected chi connectivity index (χ3v) is 3.61. The summed E-state index contributed by atoms with van der Waals surface area (Å²) in [5.74, 6) is 0.187. The number of carbonyl (C=O) groups excluding carboxylic acids is 1. The number of amides is 1. The van der Waals surface area contributed by atoms with E-state index in [9.17, 15) is 4.79 Å². The van der Waals surface area contributed by atoms with E-state index in [1.54, 1.807) is 11.3 Å². The molecule has 0 N–H and O–H groups in total. The first-order chi connectivity index (χ1) is 7.59. The van der Waals surface area contributed by atoms with E-state index in [-0.39, 0.29) is 11.3 Å². The number of nitrogens with zero attached hydrogens (tertiary/aromatic N) is 1. The van der Waals surface area contributed by atoms with Crippen LogP contribution in [-0.4, -0.2) is 37.6 Å². The van der Waals surface area contributed by atoms with E-state index >= 15 is 0 Å². The highest BCUT2D eigenvalue weighted by atomic mass is 32.1. The highest BCUT2D eigenvalue weighted by Gasteiger charge is 2.35. The molecule has 1 aliphatic rings. The van der Waals surface area contributed by atoms with Crippen LogP contribution in [0.2, 0.25) is 0 Å². The van der Waals surface area contributed by atoms with Crippen molar-refractivity contribution in [3.8, 4) is 0 Å². The fraction of sp³-hybridized carbons (Fsp3) is 0.583. The van der Waals surface area contributed by atoms with Crippen molar-refractivity contribution in [2.45, 2.75) is 13.3 Å². The van der Waals surface area contributed by atoms with E-state index in [1.807, 2.05) is 28.8 Å². The summed E-state index contributed by atoms with van der Waals surface area (Å²) in [5, 5.41) is 4.03. The molecule has 16 heavy (non-hydrogen) atoms. The first kappa shape index (κ1) is 11.6. The maximum Gasteiger partial charge on any atom is 0.226 e. The molecule has 0 aliphatic carbocycles. The highest BCUT2D eigenvalue weighted by molar-refractivity contribution is 7.07. The third-order valence-electron chi connectivity index (χ3n) is 2.88. The fourth-order valence-electron chi connectivity index (χ4n) is 1.91. The predicted octanol–water partition coefficient (Wildman–Crippen LogP) is 1.79. The van der Waals surface area contributed by atoms with Gasteiger partial charge in [-0.25, -0.2) is 0 Å². The van der Waals surface area contributed by atoms with Gasteiger partial charge in [-0.1, -0.05) is 6.92 Å². The van der Waals surface area contributed by atoms with Crippen LogP contribution in [0.15, 0.2) is 16.8 Å². The van der Waals surface area contributed by atoms with Crippen LogP contribution in [0.1, 0.15) is 12.5 Å². The maximum absolute atomic E-state index is 11.9. The first-order valence-corrected chi connectivity index (χ1v) is 6.36. The third kappa shape index (κ3) is 2.62. The molecule has 1 aromatic rings. The monoisotopic (exact) mass is 239 g/mol. The molecule has 0 saturated carbocycles. The van der Waals surface area contributed by atoms with Gasteiger partial charge in [0, 0.05) is 19.0 Å². The van der Waals surface area contributed by atoms with Crippen molar-refractivity contribution >= 4 is 17.2 Å². The molecule has 4 heteroatoms. The van der Waals surface area contributed by atoms with Crippen LogP contribution in [0.3, 0.4) is 0 Å². The minimum Gasteiger partial charge on any atom is -0.380 e. The van der Waals surface area contributed by atoms with Gasteiger partial charge in [0.25, 0.3) is 0 Å². The van der Waals surface area contributed by atoms with Crippen LogP contribution in [0.5, 0.6) is 0 Å². The van der Waals surface area contributed by atoms with Crippen molar-refractivity contribution in [2.75, 3.05) is 26.8 Å². The number of carbonyl (C=O) groups is 1. The van der Waals surface area contributed by atoms with Crippen molar-refractivity contribution in [1.29, 1.82) is 0 Å². The van der Waals surface area contributed by atoms with E-state index in [0.29, 0.717) is 6.42 Å². The molecule has 1 amide bonds. The highest BCUT2D eigenvalue weighted by Crippen LogP contribution is 2.27. The first-order valence-electron chi connectivity index (χ1n) is 5.42. The molecule has 2 rings (SSSR count). The minimum absolute atomic E-state index is 0.166. The van der Waals surface area contributed by atoms with Crippen LogP contribution in [0.4, 0.5) is 0 Å². The Hall–Kier alpha value is -0.870. The quantitative estimate of drug-likeness (QED) is 0.801. The van der Waals surface area contributed by atoms with Crippen LogP contribution in [0.25, 0.3) is 0 Å². The number of ether oxygens (including phenoxy) is 1. The minimum atomic E-state index is 0.166. The molecule has 0 radical (unpaired) electrons. The molecule has 1 aromatic heterocycles. The normalized spacial score (nSPS) is 17.9. The number of hydrogen-bond donors (Lipinski definition) is 0. The lowest BCUT2D eigenvalue weighted by Gasteiger charge is -2.40.